The summed E-state index contributed by atoms with van der Waals surface area (Å²) >= 11 is 6.01. The Morgan fingerprint density at radius 1 is 1.38 bits per heavy atom. The molecule has 0 bridgehead atoms. The molecular weight excluding hydrogens is 328 g/mol. The molecule has 24 heavy (non-hydrogen) atoms. The van der Waals surface area contributed by atoms with Gasteiger partial charge in [0.25, 0.3) is 0 Å². The van der Waals surface area contributed by atoms with Crippen molar-refractivity contribution in [3.8, 4) is 0 Å². The van der Waals surface area contributed by atoms with Gasteiger partial charge in [-0.05, 0) is 38.1 Å². The molecule has 3 rings (SSSR count). The van der Waals surface area contributed by atoms with Crippen molar-refractivity contribution in [1.82, 2.24) is 14.7 Å². The molecule has 0 radical (unpaired) electrons. The molecule has 1 aromatic heterocycles. The Hall–Kier alpha value is -2.34. The molecule has 1 aliphatic rings. The van der Waals surface area contributed by atoms with Crippen LogP contribution in [0.4, 0.5) is 5.69 Å². The van der Waals surface area contributed by atoms with E-state index in [0.29, 0.717) is 11.6 Å². The van der Waals surface area contributed by atoms with Crippen molar-refractivity contribution >= 4 is 29.1 Å². The molecule has 0 unspecified atom stereocenters. The number of aryl methyl sites for hydroxylation is 1. The number of hydrogen-bond donors (Lipinski definition) is 0. The highest BCUT2D eigenvalue weighted by atomic mass is 35.5. The van der Waals surface area contributed by atoms with Crippen LogP contribution in [0.25, 0.3) is 0 Å². The maximum atomic E-state index is 12.5. The second-order valence-electron chi connectivity index (χ2n) is 5.99. The Morgan fingerprint density at radius 3 is 2.83 bits per heavy atom. The van der Waals surface area contributed by atoms with E-state index in [1.807, 2.05) is 32.0 Å². The lowest BCUT2D eigenvalue weighted by atomic mass is 10.1. The molecule has 1 atom stereocenters. The third kappa shape index (κ3) is 3.28. The SMILES string of the molecule is Cc1ccnn1CC(=O)N1CC(=O)N(c2cccc(Cl)c2)C[C@@H]1C. The normalized spacial score (nSPS) is 18.1. The van der Waals surface area contributed by atoms with Crippen molar-refractivity contribution < 1.29 is 9.59 Å². The zero-order valence-corrected chi connectivity index (χ0v) is 14.4. The van der Waals surface area contributed by atoms with Gasteiger partial charge < -0.3 is 9.80 Å². The predicted molar refractivity (Wildman–Crippen MR) is 91.9 cm³/mol. The summed E-state index contributed by atoms with van der Waals surface area (Å²) < 4.78 is 1.64. The topological polar surface area (TPSA) is 58.4 Å². The van der Waals surface area contributed by atoms with Crippen LogP contribution in [0.2, 0.25) is 5.02 Å². The van der Waals surface area contributed by atoms with Gasteiger partial charge in [0, 0.05) is 35.2 Å². The average Bonchev–Trinajstić information content (AvgIpc) is 2.94. The van der Waals surface area contributed by atoms with Crippen LogP contribution in [0.3, 0.4) is 0 Å². The van der Waals surface area contributed by atoms with Gasteiger partial charge in [0.1, 0.15) is 13.1 Å². The second kappa shape index (κ2) is 6.65. The second-order valence-corrected chi connectivity index (χ2v) is 6.42. The summed E-state index contributed by atoms with van der Waals surface area (Å²) in [7, 11) is 0. The van der Waals surface area contributed by atoms with E-state index in [-0.39, 0.29) is 30.9 Å². The van der Waals surface area contributed by atoms with Crippen LogP contribution in [0, 0.1) is 6.92 Å². The lowest BCUT2D eigenvalue weighted by Gasteiger charge is -2.39. The number of amides is 2. The van der Waals surface area contributed by atoms with E-state index in [0.717, 1.165) is 11.4 Å². The quantitative estimate of drug-likeness (QED) is 0.855. The molecule has 1 fully saturated rings. The average molecular weight is 347 g/mol. The minimum atomic E-state index is -0.110. The van der Waals surface area contributed by atoms with Gasteiger partial charge in [0.15, 0.2) is 0 Å². The summed E-state index contributed by atoms with van der Waals surface area (Å²) in [6, 6.07) is 8.96. The van der Waals surface area contributed by atoms with Gasteiger partial charge in [0.05, 0.1) is 0 Å². The van der Waals surface area contributed by atoms with Crippen molar-refractivity contribution in [1.29, 1.82) is 0 Å². The molecule has 1 aromatic carbocycles. The largest absolute Gasteiger partial charge is 0.327 e. The summed E-state index contributed by atoms with van der Waals surface area (Å²) in [5.41, 5.74) is 1.68. The molecule has 2 aromatic rings. The molecule has 6 nitrogen and oxygen atoms in total. The number of aromatic nitrogens is 2. The van der Waals surface area contributed by atoms with Crippen LogP contribution in [0.5, 0.6) is 0 Å². The fourth-order valence-electron chi connectivity index (χ4n) is 2.86. The van der Waals surface area contributed by atoms with Gasteiger partial charge >= 0.3 is 0 Å². The summed E-state index contributed by atoms with van der Waals surface area (Å²) in [6.07, 6.45) is 1.66. The third-order valence-corrected chi connectivity index (χ3v) is 4.47. The number of piperazine rings is 1. The van der Waals surface area contributed by atoms with Crippen molar-refractivity contribution in [2.75, 3.05) is 18.0 Å². The number of hydrogen-bond acceptors (Lipinski definition) is 3. The van der Waals surface area contributed by atoms with Crippen molar-refractivity contribution in [3.05, 3.63) is 47.2 Å². The molecule has 0 spiro atoms. The summed E-state index contributed by atoms with van der Waals surface area (Å²) in [5, 5.41) is 4.71. The molecule has 7 heteroatoms. The number of carbonyl (C=O) groups is 2. The highest BCUT2D eigenvalue weighted by Gasteiger charge is 2.33. The Morgan fingerprint density at radius 2 is 2.17 bits per heavy atom. The Labute approximate surface area is 145 Å². The van der Waals surface area contributed by atoms with Gasteiger partial charge in [-0.3, -0.25) is 14.3 Å². The molecule has 0 saturated carbocycles. The molecule has 0 aliphatic carbocycles. The molecule has 2 heterocycles. The molecule has 1 saturated heterocycles. The number of benzene rings is 1. The van der Waals surface area contributed by atoms with Crippen LogP contribution in [0.1, 0.15) is 12.6 Å². The standard InChI is InChI=1S/C17H19ClN4O2/c1-12-6-7-19-22(12)11-17(24)20-10-16(23)21(9-13(20)2)15-5-3-4-14(18)8-15/h3-8,13H,9-11H2,1-2H3/t13-/m0/s1. The lowest BCUT2D eigenvalue weighted by Crippen LogP contribution is -2.57. The Balaban J connectivity index is 1.72. The van der Waals surface area contributed by atoms with E-state index in [1.54, 1.807) is 32.8 Å². The number of halogens is 1. The summed E-state index contributed by atoms with van der Waals surface area (Å²) in [4.78, 5) is 28.3. The summed E-state index contributed by atoms with van der Waals surface area (Å²) in [6.45, 7) is 4.49. The highest BCUT2D eigenvalue weighted by molar-refractivity contribution is 6.30. The fourth-order valence-corrected chi connectivity index (χ4v) is 3.05. The third-order valence-electron chi connectivity index (χ3n) is 4.24. The van der Waals surface area contributed by atoms with Gasteiger partial charge in [-0.1, -0.05) is 17.7 Å². The minimum absolute atomic E-state index is 0.0623. The Kier molecular flexibility index (Phi) is 4.57. The van der Waals surface area contributed by atoms with Gasteiger partial charge in [0.2, 0.25) is 11.8 Å². The minimum Gasteiger partial charge on any atom is -0.327 e. The van der Waals surface area contributed by atoms with Gasteiger partial charge in [-0.25, -0.2) is 0 Å². The molecule has 1 aliphatic heterocycles. The zero-order chi connectivity index (χ0) is 17.3. The van der Waals surface area contributed by atoms with E-state index in [9.17, 15) is 9.59 Å². The van der Waals surface area contributed by atoms with Gasteiger partial charge in [-0.15, -0.1) is 0 Å². The fraction of sp³-hybridized carbons (Fsp3) is 0.353. The molecular formula is C17H19ClN4O2. The maximum Gasteiger partial charge on any atom is 0.246 e. The molecule has 126 valence electrons. The van der Waals surface area contributed by atoms with Crippen LogP contribution >= 0.6 is 11.6 Å². The van der Waals surface area contributed by atoms with Gasteiger partial charge in [-0.2, -0.15) is 5.10 Å². The van der Waals surface area contributed by atoms with E-state index in [2.05, 4.69) is 5.10 Å². The molecule has 2 amide bonds. The number of carbonyl (C=O) groups excluding carboxylic acids is 2. The van der Waals surface area contributed by atoms with Crippen LogP contribution in [-0.4, -0.2) is 45.6 Å². The van der Waals surface area contributed by atoms with E-state index < -0.39 is 0 Å². The van der Waals surface area contributed by atoms with Crippen LogP contribution < -0.4 is 4.90 Å². The number of nitrogens with zero attached hydrogens (tertiary/aromatic N) is 4. The number of anilines is 1. The first-order valence-corrected chi connectivity index (χ1v) is 8.17. The first kappa shape index (κ1) is 16.5. The smallest absolute Gasteiger partial charge is 0.246 e. The Bertz CT molecular complexity index is 773. The van der Waals surface area contributed by atoms with Crippen LogP contribution in [-0.2, 0) is 16.1 Å². The van der Waals surface area contributed by atoms with Crippen molar-refractivity contribution in [3.63, 3.8) is 0 Å². The first-order valence-electron chi connectivity index (χ1n) is 7.79. The van der Waals surface area contributed by atoms with Crippen LogP contribution in [0.15, 0.2) is 36.5 Å². The monoisotopic (exact) mass is 346 g/mol. The van der Waals surface area contributed by atoms with E-state index in [1.165, 1.54) is 0 Å². The highest BCUT2D eigenvalue weighted by Crippen LogP contribution is 2.23. The van der Waals surface area contributed by atoms with Crippen molar-refractivity contribution in [2.45, 2.75) is 26.4 Å². The zero-order valence-electron chi connectivity index (χ0n) is 13.6. The summed E-state index contributed by atoms with van der Waals surface area (Å²) in [5.74, 6) is -0.214. The molecule has 0 N–H and O–H groups in total. The predicted octanol–water partition coefficient (Wildman–Crippen LogP) is 2.11. The number of rotatable bonds is 3. The van der Waals surface area contributed by atoms with E-state index >= 15 is 0 Å². The van der Waals surface area contributed by atoms with Crippen molar-refractivity contribution in [2.24, 2.45) is 0 Å². The first-order chi connectivity index (χ1) is 11.5. The lowest BCUT2D eigenvalue weighted by molar-refractivity contribution is -0.140. The van der Waals surface area contributed by atoms with E-state index in [4.69, 9.17) is 11.6 Å². The maximum absolute atomic E-state index is 12.5.